The highest BCUT2D eigenvalue weighted by atomic mass is 16.6. The highest BCUT2D eigenvalue weighted by molar-refractivity contribution is 5.80. The van der Waals surface area contributed by atoms with Gasteiger partial charge in [0.2, 0.25) is 5.91 Å². The second-order valence-electron chi connectivity index (χ2n) is 3.80. The Bertz CT molecular complexity index is 335. The first kappa shape index (κ1) is 11.6. The summed E-state index contributed by atoms with van der Waals surface area (Å²) in [6.07, 6.45) is 0. The zero-order chi connectivity index (χ0) is 11.4. The number of carbonyl (C=O) groups is 1. The van der Waals surface area contributed by atoms with Gasteiger partial charge in [-0.3, -0.25) is 10.1 Å². The third-order valence-corrected chi connectivity index (χ3v) is 2.21. The fourth-order valence-electron chi connectivity index (χ4n) is 1.28. The minimum atomic E-state index is -0.362. The normalized spacial score (nSPS) is 13.1. The SMILES string of the molecule is Cc1nonc1CNC(C(N)=O)C(C)C. The van der Waals surface area contributed by atoms with Crippen LogP contribution in [0.3, 0.4) is 0 Å². The summed E-state index contributed by atoms with van der Waals surface area (Å²) in [7, 11) is 0. The first-order valence-corrected chi connectivity index (χ1v) is 4.83. The van der Waals surface area contributed by atoms with E-state index in [1.165, 1.54) is 0 Å². The van der Waals surface area contributed by atoms with E-state index in [0.29, 0.717) is 12.2 Å². The minimum absolute atomic E-state index is 0.141. The van der Waals surface area contributed by atoms with Crippen LogP contribution in [0.4, 0.5) is 0 Å². The Kier molecular flexibility index (Phi) is 3.79. The van der Waals surface area contributed by atoms with E-state index in [1.54, 1.807) is 6.92 Å². The van der Waals surface area contributed by atoms with Crippen molar-refractivity contribution in [1.82, 2.24) is 15.6 Å². The largest absolute Gasteiger partial charge is 0.368 e. The Hall–Kier alpha value is -1.43. The van der Waals surface area contributed by atoms with Gasteiger partial charge >= 0.3 is 0 Å². The van der Waals surface area contributed by atoms with Crippen molar-refractivity contribution in [3.63, 3.8) is 0 Å². The zero-order valence-corrected chi connectivity index (χ0v) is 9.15. The summed E-state index contributed by atoms with van der Waals surface area (Å²) in [4.78, 5) is 11.1. The van der Waals surface area contributed by atoms with Gasteiger partial charge < -0.3 is 5.73 Å². The number of amides is 1. The molecule has 0 aliphatic rings. The Morgan fingerprint density at radius 2 is 2.20 bits per heavy atom. The molecule has 1 heterocycles. The van der Waals surface area contributed by atoms with Gasteiger partial charge in [0.25, 0.3) is 0 Å². The molecule has 6 nitrogen and oxygen atoms in total. The number of rotatable bonds is 5. The Morgan fingerprint density at radius 1 is 1.53 bits per heavy atom. The van der Waals surface area contributed by atoms with E-state index in [0.717, 1.165) is 5.69 Å². The molecule has 0 saturated carbocycles. The van der Waals surface area contributed by atoms with Gasteiger partial charge in [0.05, 0.1) is 6.04 Å². The third kappa shape index (κ3) is 3.02. The Morgan fingerprint density at radius 3 is 2.60 bits per heavy atom. The highest BCUT2D eigenvalue weighted by Gasteiger charge is 2.19. The lowest BCUT2D eigenvalue weighted by Gasteiger charge is -2.17. The molecule has 1 unspecified atom stereocenters. The minimum Gasteiger partial charge on any atom is -0.368 e. The molecule has 1 aromatic rings. The van der Waals surface area contributed by atoms with E-state index >= 15 is 0 Å². The van der Waals surface area contributed by atoms with Gasteiger partial charge in [-0.1, -0.05) is 24.2 Å². The molecule has 0 saturated heterocycles. The first-order valence-electron chi connectivity index (χ1n) is 4.83. The van der Waals surface area contributed by atoms with Crippen molar-refractivity contribution in [1.29, 1.82) is 0 Å². The van der Waals surface area contributed by atoms with Crippen molar-refractivity contribution >= 4 is 5.91 Å². The summed E-state index contributed by atoms with van der Waals surface area (Å²) in [5.74, 6) is -0.221. The summed E-state index contributed by atoms with van der Waals surface area (Å²) in [5, 5.41) is 10.4. The lowest BCUT2D eigenvalue weighted by Crippen LogP contribution is -2.44. The van der Waals surface area contributed by atoms with Crippen LogP contribution < -0.4 is 11.1 Å². The van der Waals surface area contributed by atoms with Crippen molar-refractivity contribution in [2.24, 2.45) is 11.7 Å². The molecular formula is C9H16N4O2. The summed E-state index contributed by atoms with van der Waals surface area (Å²) >= 11 is 0. The number of aryl methyl sites for hydroxylation is 1. The fourth-order valence-corrected chi connectivity index (χ4v) is 1.28. The first-order chi connectivity index (χ1) is 7.02. The van der Waals surface area contributed by atoms with E-state index in [-0.39, 0.29) is 17.9 Å². The molecule has 0 bridgehead atoms. The van der Waals surface area contributed by atoms with Crippen LogP contribution in [0.2, 0.25) is 0 Å². The fraction of sp³-hybridized carbons (Fsp3) is 0.667. The topological polar surface area (TPSA) is 94.0 Å². The molecule has 1 rings (SSSR count). The highest BCUT2D eigenvalue weighted by Crippen LogP contribution is 2.04. The molecule has 0 aliphatic carbocycles. The molecule has 1 aromatic heterocycles. The van der Waals surface area contributed by atoms with Gasteiger partial charge in [0.15, 0.2) is 0 Å². The molecule has 0 spiro atoms. The molecule has 1 atom stereocenters. The lowest BCUT2D eigenvalue weighted by atomic mass is 10.0. The summed E-state index contributed by atoms with van der Waals surface area (Å²) in [6, 6.07) is -0.360. The van der Waals surface area contributed by atoms with Crippen molar-refractivity contribution in [2.45, 2.75) is 33.4 Å². The van der Waals surface area contributed by atoms with Crippen LogP contribution in [-0.2, 0) is 11.3 Å². The average molecular weight is 212 g/mol. The third-order valence-electron chi connectivity index (χ3n) is 2.21. The smallest absolute Gasteiger partial charge is 0.234 e. The molecular weight excluding hydrogens is 196 g/mol. The van der Waals surface area contributed by atoms with Crippen molar-refractivity contribution < 1.29 is 9.42 Å². The summed E-state index contributed by atoms with van der Waals surface area (Å²) < 4.78 is 4.54. The molecule has 6 heteroatoms. The molecule has 15 heavy (non-hydrogen) atoms. The van der Waals surface area contributed by atoms with Crippen LogP contribution in [0.15, 0.2) is 4.63 Å². The van der Waals surface area contributed by atoms with E-state index in [1.807, 2.05) is 13.8 Å². The Balaban J connectivity index is 2.55. The van der Waals surface area contributed by atoms with Gasteiger partial charge in [-0.05, 0) is 12.8 Å². The maximum atomic E-state index is 11.1. The second-order valence-corrected chi connectivity index (χ2v) is 3.80. The van der Waals surface area contributed by atoms with E-state index in [2.05, 4.69) is 20.3 Å². The van der Waals surface area contributed by atoms with Crippen LogP contribution in [0.1, 0.15) is 25.2 Å². The van der Waals surface area contributed by atoms with Crippen molar-refractivity contribution in [3.8, 4) is 0 Å². The molecule has 0 radical (unpaired) electrons. The molecule has 3 N–H and O–H groups in total. The standard InChI is InChI=1S/C9H16N4O2/c1-5(2)8(9(10)14)11-4-7-6(3)12-15-13-7/h5,8,11H,4H2,1-3H3,(H2,10,14). The molecule has 84 valence electrons. The van der Waals surface area contributed by atoms with Gasteiger partial charge in [-0.15, -0.1) is 0 Å². The number of nitrogens with two attached hydrogens (primary N) is 1. The Labute approximate surface area is 88.2 Å². The lowest BCUT2D eigenvalue weighted by molar-refractivity contribution is -0.121. The van der Waals surface area contributed by atoms with Crippen LogP contribution in [-0.4, -0.2) is 22.3 Å². The summed E-state index contributed by atoms with van der Waals surface area (Å²) in [5.41, 5.74) is 6.67. The van der Waals surface area contributed by atoms with Gasteiger partial charge in [-0.2, -0.15) is 0 Å². The number of nitrogens with one attached hydrogen (secondary N) is 1. The van der Waals surface area contributed by atoms with Crippen molar-refractivity contribution in [2.75, 3.05) is 0 Å². The van der Waals surface area contributed by atoms with Crippen LogP contribution >= 0.6 is 0 Å². The van der Waals surface area contributed by atoms with Gasteiger partial charge in [-0.25, -0.2) is 4.63 Å². The number of primary amides is 1. The molecule has 1 amide bonds. The van der Waals surface area contributed by atoms with Crippen LogP contribution in [0, 0.1) is 12.8 Å². The van der Waals surface area contributed by atoms with Crippen LogP contribution in [0.5, 0.6) is 0 Å². The number of aromatic nitrogens is 2. The molecule has 0 aromatic carbocycles. The number of carbonyl (C=O) groups excluding carboxylic acids is 1. The maximum Gasteiger partial charge on any atom is 0.234 e. The average Bonchev–Trinajstić information content (AvgIpc) is 2.51. The predicted octanol–water partition coefficient (Wildman–Crippen LogP) is -0.0225. The molecule has 0 aliphatic heterocycles. The maximum absolute atomic E-state index is 11.1. The molecule has 0 fully saturated rings. The van der Waals surface area contributed by atoms with Gasteiger partial charge in [0, 0.05) is 6.54 Å². The predicted molar refractivity (Wildman–Crippen MR) is 53.7 cm³/mol. The van der Waals surface area contributed by atoms with E-state index in [4.69, 9.17) is 5.73 Å². The number of hydrogen-bond acceptors (Lipinski definition) is 5. The monoisotopic (exact) mass is 212 g/mol. The van der Waals surface area contributed by atoms with Crippen LogP contribution in [0.25, 0.3) is 0 Å². The number of hydrogen-bond donors (Lipinski definition) is 2. The van der Waals surface area contributed by atoms with Crippen molar-refractivity contribution in [3.05, 3.63) is 11.4 Å². The number of nitrogens with zero attached hydrogens (tertiary/aromatic N) is 2. The van der Waals surface area contributed by atoms with Gasteiger partial charge in [0.1, 0.15) is 11.4 Å². The van der Waals surface area contributed by atoms with E-state index < -0.39 is 0 Å². The van der Waals surface area contributed by atoms with E-state index in [9.17, 15) is 4.79 Å². The summed E-state index contributed by atoms with van der Waals surface area (Å²) in [6.45, 7) is 6.08. The quantitative estimate of drug-likeness (QED) is 0.715. The zero-order valence-electron chi connectivity index (χ0n) is 9.15. The second kappa shape index (κ2) is 4.88.